The molecule has 2 aliphatic rings. The monoisotopic (exact) mass is 429 g/mol. The van der Waals surface area contributed by atoms with Crippen molar-refractivity contribution in [2.45, 2.75) is 100 Å². The van der Waals surface area contributed by atoms with E-state index in [2.05, 4.69) is 18.7 Å². The molecule has 0 atom stereocenters. The van der Waals surface area contributed by atoms with Crippen molar-refractivity contribution in [2.24, 2.45) is 0 Å². The molecule has 1 heterocycles. The summed E-state index contributed by atoms with van der Waals surface area (Å²) in [7, 11) is 0. The van der Waals surface area contributed by atoms with Crippen LogP contribution in [-0.4, -0.2) is 25.5 Å². The molecule has 27 heavy (non-hydrogen) atoms. The minimum Gasteiger partial charge on any atom is -0.368 e. The van der Waals surface area contributed by atoms with Crippen molar-refractivity contribution in [1.29, 1.82) is 0 Å². The van der Waals surface area contributed by atoms with Crippen LogP contribution in [0, 0.1) is 0 Å². The molecule has 3 rings (SSSR count). The second-order valence-corrected chi connectivity index (χ2v) is 10.7. The lowest BCUT2D eigenvalue weighted by Crippen LogP contribution is -2.21. The molecular weight excluding hydrogens is 398 g/mol. The van der Waals surface area contributed by atoms with E-state index in [1.54, 1.807) is 0 Å². The van der Waals surface area contributed by atoms with Crippen LogP contribution in [0.5, 0.6) is 0 Å². The first kappa shape index (κ1) is 21.3. The lowest BCUT2D eigenvalue weighted by atomic mass is 10.0. The van der Waals surface area contributed by atoms with Gasteiger partial charge in [-0.1, -0.05) is 64.2 Å². The van der Waals surface area contributed by atoms with E-state index in [0.29, 0.717) is 16.4 Å². The van der Waals surface area contributed by atoms with Crippen molar-refractivity contribution in [2.75, 3.05) is 9.44 Å². The van der Waals surface area contributed by atoms with Crippen molar-refractivity contribution < 1.29 is 0 Å². The molecule has 0 aromatic carbocycles. The molecule has 0 bridgehead atoms. The Morgan fingerprint density at radius 3 is 1.59 bits per heavy atom. The molecule has 2 aliphatic carbocycles. The topological polar surface area (TPSA) is 67.9 Å². The van der Waals surface area contributed by atoms with Gasteiger partial charge in [0, 0.05) is 10.5 Å². The summed E-state index contributed by atoms with van der Waals surface area (Å²) in [5.74, 6) is 0.804. The molecule has 152 valence electrons. The lowest BCUT2D eigenvalue weighted by molar-refractivity contribution is 0.512. The van der Waals surface area contributed by atoms with E-state index in [0.717, 1.165) is 0 Å². The Morgan fingerprint density at radius 2 is 1.15 bits per heavy atom. The van der Waals surface area contributed by atoms with E-state index < -0.39 is 0 Å². The summed E-state index contributed by atoms with van der Waals surface area (Å²) in [6.45, 7) is 0. The van der Waals surface area contributed by atoms with Crippen molar-refractivity contribution in [3.8, 4) is 0 Å². The van der Waals surface area contributed by atoms with E-state index in [9.17, 15) is 0 Å². The van der Waals surface area contributed by atoms with Gasteiger partial charge in [-0.05, 0) is 61.2 Å². The number of rotatable bonds is 5. The lowest BCUT2D eigenvalue weighted by Gasteiger charge is -2.30. The maximum atomic E-state index is 6.09. The molecule has 0 radical (unpaired) electrons. The second kappa shape index (κ2) is 11.6. The summed E-state index contributed by atoms with van der Waals surface area (Å²) >= 11 is 9.88. The first-order chi connectivity index (χ1) is 13.2. The van der Waals surface area contributed by atoms with Crippen LogP contribution < -0.4 is 9.44 Å². The third-order valence-electron chi connectivity index (χ3n) is 5.37. The van der Waals surface area contributed by atoms with Crippen LogP contribution in [0.15, 0.2) is 0 Å². The van der Waals surface area contributed by atoms with Crippen LogP contribution in [-0.2, 0) is 0 Å². The number of aromatic nitrogens is 3. The Morgan fingerprint density at radius 1 is 0.704 bits per heavy atom. The van der Waals surface area contributed by atoms with Gasteiger partial charge in [0.25, 0.3) is 5.95 Å². The van der Waals surface area contributed by atoms with Gasteiger partial charge in [-0.2, -0.15) is 15.0 Å². The molecule has 2 saturated carbocycles. The third-order valence-corrected chi connectivity index (χ3v) is 8.31. The fourth-order valence-electron chi connectivity index (χ4n) is 3.87. The van der Waals surface area contributed by atoms with E-state index in [1.807, 2.05) is 23.9 Å². The van der Waals surface area contributed by atoms with Crippen LogP contribution in [0.25, 0.3) is 0 Å². The summed E-state index contributed by atoms with van der Waals surface area (Å²) in [5.41, 5.74) is 5.86. The second-order valence-electron chi connectivity index (χ2n) is 7.66. The van der Waals surface area contributed by atoms with Gasteiger partial charge in [0.1, 0.15) is 0 Å². The molecule has 0 aliphatic heterocycles. The highest BCUT2D eigenvalue weighted by molar-refractivity contribution is 8.18. The number of hydrogen-bond acceptors (Lipinski definition) is 7. The van der Waals surface area contributed by atoms with Crippen LogP contribution in [0.2, 0.25) is 5.28 Å². The summed E-state index contributed by atoms with van der Waals surface area (Å²) in [4.78, 5) is 12.7. The van der Waals surface area contributed by atoms with Gasteiger partial charge >= 0.3 is 0 Å². The van der Waals surface area contributed by atoms with Crippen LogP contribution in [0.4, 0.5) is 11.9 Å². The number of nitrogens with zero attached hydrogens (tertiary/aromatic N) is 4. The standard InChI is InChI=1S/C19H32ClN5S2/c20-17-22-18(21)24-19(23-17)25(26-15-11-7-3-1-4-8-12-15)27-16-13-9-5-2-6-10-14-16/h15-16H,1-14H2,(H2,21,22,23,24). The van der Waals surface area contributed by atoms with Gasteiger partial charge in [-0.15, -0.1) is 0 Å². The molecule has 0 saturated heterocycles. The van der Waals surface area contributed by atoms with Gasteiger partial charge < -0.3 is 5.73 Å². The minimum absolute atomic E-state index is 0.180. The first-order valence-electron chi connectivity index (χ1n) is 10.5. The quantitative estimate of drug-likeness (QED) is 0.540. The Bertz CT molecular complexity index is 517. The van der Waals surface area contributed by atoms with Gasteiger partial charge in [-0.3, -0.25) is 0 Å². The largest absolute Gasteiger partial charge is 0.368 e. The minimum atomic E-state index is 0.180. The summed E-state index contributed by atoms with van der Waals surface area (Å²) in [6.07, 6.45) is 18.5. The van der Waals surface area contributed by atoms with Crippen LogP contribution in [0.1, 0.15) is 89.9 Å². The summed E-state index contributed by atoms with van der Waals surface area (Å²) in [5, 5.41) is 1.41. The summed E-state index contributed by atoms with van der Waals surface area (Å²) < 4.78 is 2.21. The average molecular weight is 430 g/mol. The molecule has 2 fully saturated rings. The van der Waals surface area contributed by atoms with Crippen molar-refractivity contribution >= 4 is 47.4 Å². The highest BCUT2D eigenvalue weighted by atomic mass is 35.5. The molecule has 1 aromatic rings. The van der Waals surface area contributed by atoms with E-state index in [-0.39, 0.29) is 11.2 Å². The van der Waals surface area contributed by atoms with E-state index in [4.69, 9.17) is 17.3 Å². The Labute approximate surface area is 177 Å². The third kappa shape index (κ3) is 7.50. The number of nitrogens with two attached hydrogens (primary N) is 1. The Hall–Kier alpha value is -0.400. The molecule has 0 spiro atoms. The number of nitrogen functional groups attached to an aromatic ring is 1. The predicted molar refractivity (Wildman–Crippen MR) is 119 cm³/mol. The van der Waals surface area contributed by atoms with Crippen molar-refractivity contribution in [3.63, 3.8) is 0 Å². The molecular formula is C19H32ClN5S2. The molecule has 0 amide bonds. The fraction of sp³-hybridized carbons (Fsp3) is 0.842. The predicted octanol–water partition coefficient (Wildman–Crippen LogP) is 6.44. The first-order valence-corrected chi connectivity index (χ1v) is 12.6. The van der Waals surface area contributed by atoms with Gasteiger partial charge in [0.05, 0.1) is 0 Å². The zero-order valence-electron chi connectivity index (χ0n) is 16.1. The normalized spacial score (nSPS) is 21.1. The van der Waals surface area contributed by atoms with E-state index in [1.165, 1.54) is 89.9 Å². The van der Waals surface area contributed by atoms with Crippen LogP contribution >= 0.6 is 35.5 Å². The molecule has 8 heteroatoms. The van der Waals surface area contributed by atoms with Crippen molar-refractivity contribution in [3.05, 3.63) is 5.28 Å². The van der Waals surface area contributed by atoms with Gasteiger partial charge in [-0.25, -0.2) is 3.71 Å². The maximum absolute atomic E-state index is 6.09. The highest BCUT2D eigenvalue weighted by Gasteiger charge is 2.24. The highest BCUT2D eigenvalue weighted by Crippen LogP contribution is 2.40. The maximum Gasteiger partial charge on any atom is 0.252 e. The number of halogens is 1. The smallest absolute Gasteiger partial charge is 0.252 e. The SMILES string of the molecule is Nc1nc(Cl)nc(N(SC2CCCCCCC2)SC2CCCCCCC2)n1. The van der Waals surface area contributed by atoms with Crippen LogP contribution in [0.3, 0.4) is 0 Å². The average Bonchev–Trinajstić information content (AvgIpc) is 2.57. The molecule has 1 aromatic heterocycles. The Kier molecular flexibility index (Phi) is 9.13. The van der Waals surface area contributed by atoms with Gasteiger partial charge in [0.15, 0.2) is 0 Å². The number of hydrogen-bond donors (Lipinski definition) is 1. The Balaban J connectivity index is 1.72. The van der Waals surface area contributed by atoms with Crippen molar-refractivity contribution in [1.82, 2.24) is 15.0 Å². The molecule has 2 N–H and O–H groups in total. The molecule has 5 nitrogen and oxygen atoms in total. The molecule has 0 unspecified atom stereocenters. The number of anilines is 2. The zero-order chi connectivity index (χ0) is 18.9. The zero-order valence-corrected chi connectivity index (χ0v) is 18.5. The summed E-state index contributed by atoms with van der Waals surface area (Å²) in [6, 6.07) is 0. The fourth-order valence-corrected chi connectivity index (χ4v) is 6.95. The van der Waals surface area contributed by atoms with E-state index >= 15 is 0 Å². The van der Waals surface area contributed by atoms with Gasteiger partial charge in [0.2, 0.25) is 11.2 Å².